The van der Waals surface area contributed by atoms with Gasteiger partial charge in [-0.2, -0.15) is 0 Å². The molecule has 2 rings (SSSR count). The van der Waals surface area contributed by atoms with Crippen molar-refractivity contribution in [1.29, 1.82) is 0 Å². The van der Waals surface area contributed by atoms with Crippen LogP contribution in [0.25, 0.3) is 0 Å². The standard InChI is InChI=1S/C14H13ClN2O/c1-10-4-2-3-5-12(10)9-17-14(18)11-6-7-16-13(15)8-11/h2-8H,9H2,1H3,(H,17,18). The molecule has 18 heavy (non-hydrogen) atoms. The zero-order valence-electron chi connectivity index (χ0n) is 9.98. The molecule has 1 N–H and O–H groups in total. The Balaban J connectivity index is 2.03. The molecule has 0 atom stereocenters. The predicted octanol–water partition coefficient (Wildman–Crippen LogP) is 2.97. The molecule has 0 aliphatic rings. The number of hydrogen-bond acceptors (Lipinski definition) is 2. The molecule has 0 spiro atoms. The number of amides is 1. The SMILES string of the molecule is Cc1ccccc1CNC(=O)c1ccnc(Cl)c1. The number of carbonyl (C=O) groups is 1. The predicted molar refractivity (Wildman–Crippen MR) is 71.6 cm³/mol. The summed E-state index contributed by atoms with van der Waals surface area (Å²) in [7, 11) is 0. The van der Waals surface area contributed by atoms with Gasteiger partial charge in [0.05, 0.1) is 0 Å². The van der Waals surface area contributed by atoms with Crippen molar-refractivity contribution >= 4 is 17.5 Å². The Labute approximate surface area is 111 Å². The fraction of sp³-hybridized carbons (Fsp3) is 0.143. The molecule has 0 aliphatic heterocycles. The van der Waals surface area contributed by atoms with Crippen molar-refractivity contribution in [2.24, 2.45) is 0 Å². The van der Waals surface area contributed by atoms with Crippen molar-refractivity contribution in [3.8, 4) is 0 Å². The molecule has 0 aliphatic carbocycles. The summed E-state index contributed by atoms with van der Waals surface area (Å²) in [5.41, 5.74) is 2.78. The van der Waals surface area contributed by atoms with Crippen LogP contribution in [0.3, 0.4) is 0 Å². The van der Waals surface area contributed by atoms with E-state index in [1.54, 1.807) is 12.1 Å². The summed E-state index contributed by atoms with van der Waals surface area (Å²) in [6.45, 7) is 2.52. The number of halogens is 1. The number of nitrogens with zero attached hydrogens (tertiary/aromatic N) is 1. The fourth-order valence-corrected chi connectivity index (χ4v) is 1.80. The molecule has 1 heterocycles. The van der Waals surface area contributed by atoms with E-state index in [9.17, 15) is 4.79 Å². The molecular weight excluding hydrogens is 248 g/mol. The smallest absolute Gasteiger partial charge is 0.251 e. The monoisotopic (exact) mass is 260 g/mol. The van der Waals surface area contributed by atoms with E-state index < -0.39 is 0 Å². The maximum absolute atomic E-state index is 11.9. The minimum Gasteiger partial charge on any atom is -0.348 e. The number of hydrogen-bond donors (Lipinski definition) is 1. The van der Waals surface area contributed by atoms with Gasteiger partial charge in [0.1, 0.15) is 5.15 Å². The van der Waals surface area contributed by atoms with Crippen molar-refractivity contribution in [2.45, 2.75) is 13.5 Å². The van der Waals surface area contributed by atoms with Gasteiger partial charge < -0.3 is 5.32 Å². The van der Waals surface area contributed by atoms with Gasteiger partial charge in [-0.1, -0.05) is 35.9 Å². The van der Waals surface area contributed by atoms with Crippen molar-refractivity contribution in [3.63, 3.8) is 0 Å². The normalized spacial score (nSPS) is 10.1. The van der Waals surface area contributed by atoms with E-state index in [2.05, 4.69) is 10.3 Å². The van der Waals surface area contributed by atoms with Gasteiger partial charge in [0.25, 0.3) is 5.91 Å². The van der Waals surface area contributed by atoms with Gasteiger partial charge in [-0.25, -0.2) is 4.98 Å². The van der Waals surface area contributed by atoms with Crippen molar-refractivity contribution < 1.29 is 4.79 Å². The number of aryl methyl sites for hydroxylation is 1. The zero-order valence-corrected chi connectivity index (χ0v) is 10.7. The summed E-state index contributed by atoms with van der Waals surface area (Å²) in [6, 6.07) is 11.1. The Hall–Kier alpha value is -1.87. The number of aromatic nitrogens is 1. The van der Waals surface area contributed by atoms with Crippen LogP contribution in [-0.2, 0) is 6.54 Å². The van der Waals surface area contributed by atoms with Gasteiger partial charge in [-0.3, -0.25) is 4.79 Å². The van der Waals surface area contributed by atoms with Gasteiger partial charge >= 0.3 is 0 Å². The van der Waals surface area contributed by atoms with Crippen LogP contribution in [-0.4, -0.2) is 10.9 Å². The van der Waals surface area contributed by atoms with Gasteiger partial charge in [0.15, 0.2) is 0 Å². The fourth-order valence-electron chi connectivity index (χ4n) is 1.63. The molecule has 0 unspecified atom stereocenters. The van der Waals surface area contributed by atoms with Gasteiger partial charge in [0, 0.05) is 18.3 Å². The second-order valence-corrected chi connectivity index (χ2v) is 4.36. The lowest BCUT2D eigenvalue weighted by molar-refractivity contribution is 0.0951. The highest BCUT2D eigenvalue weighted by Crippen LogP contribution is 2.09. The maximum Gasteiger partial charge on any atom is 0.251 e. The van der Waals surface area contributed by atoms with Crippen LogP contribution < -0.4 is 5.32 Å². The van der Waals surface area contributed by atoms with Crippen LogP contribution in [0.5, 0.6) is 0 Å². The first-order valence-corrected chi connectivity index (χ1v) is 5.99. The molecule has 92 valence electrons. The first-order chi connectivity index (χ1) is 8.66. The van der Waals surface area contributed by atoms with E-state index in [1.807, 2.05) is 31.2 Å². The van der Waals surface area contributed by atoms with Crippen LogP contribution in [0.4, 0.5) is 0 Å². The maximum atomic E-state index is 11.9. The number of benzene rings is 1. The van der Waals surface area contributed by atoms with Crippen LogP contribution in [0, 0.1) is 6.92 Å². The molecule has 0 saturated carbocycles. The van der Waals surface area contributed by atoms with Gasteiger partial charge in [0.2, 0.25) is 0 Å². The molecule has 0 bridgehead atoms. The molecular formula is C14H13ClN2O. The van der Waals surface area contributed by atoms with Gasteiger partial charge in [-0.05, 0) is 30.2 Å². The number of carbonyl (C=O) groups excluding carboxylic acids is 1. The molecule has 1 amide bonds. The zero-order chi connectivity index (χ0) is 13.0. The Kier molecular flexibility index (Phi) is 3.95. The Morgan fingerprint density at radius 3 is 2.83 bits per heavy atom. The largest absolute Gasteiger partial charge is 0.348 e. The Morgan fingerprint density at radius 2 is 2.11 bits per heavy atom. The summed E-state index contributed by atoms with van der Waals surface area (Å²) < 4.78 is 0. The Morgan fingerprint density at radius 1 is 1.33 bits per heavy atom. The van der Waals surface area contributed by atoms with E-state index >= 15 is 0 Å². The molecule has 2 aromatic rings. The summed E-state index contributed by atoms with van der Waals surface area (Å²) in [6.07, 6.45) is 1.52. The van der Waals surface area contributed by atoms with Crippen LogP contribution in [0.1, 0.15) is 21.5 Å². The van der Waals surface area contributed by atoms with E-state index in [4.69, 9.17) is 11.6 Å². The van der Waals surface area contributed by atoms with E-state index in [-0.39, 0.29) is 5.91 Å². The highest BCUT2D eigenvalue weighted by Gasteiger charge is 2.06. The lowest BCUT2D eigenvalue weighted by Crippen LogP contribution is -2.23. The minimum absolute atomic E-state index is 0.150. The highest BCUT2D eigenvalue weighted by atomic mass is 35.5. The van der Waals surface area contributed by atoms with Crippen LogP contribution in [0.15, 0.2) is 42.6 Å². The summed E-state index contributed by atoms with van der Waals surface area (Å²) in [5.74, 6) is -0.150. The quantitative estimate of drug-likeness (QED) is 0.862. The molecule has 4 heteroatoms. The number of pyridine rings is 1. The van der Waals surface area contributed by atoms with Crippen LogP contribution in [0.2, 0.25) is 5.15 Å². The number of nitrogens with one attached hydrogen (secondary N) is 1. The summed E-state index contributed by atoms with van der Waals surface area (Å²) in [5, 5.41) is 3.18. The second-order valence-electron chi connectivity index (χ2n) is 3.98. The third-order valence-electron chi connectivity index (χ3n) is 2.69. The Bertz CT molecular complexity index is 569. The molecule has 1 aromatic carbocycles. The van der Waals surface area contributed by atoms with E-state index in [0.717, 1.165) is 11.1 Å². The number of rotatable bonds is 3. The summed E-state index contributed by atoms with van der Waals surface area (Å²) >= 11 is 5.74. The molecule has 0 radical (unpaired) electrons. The third-order valence-corrected chi connectivity index (χ3v) is 2.90. The topological polar surface area (TPSA) is 42.0 Å². The first-order valence-electron chi connectivity index (χ1n) is 5.61. The third kappa shape index (κ3) is 3.08. The molecule has 1 aromatic heterocycles. The van der Waals surface area contributed by atoms with Crippen LogP contribution >= 0.6 is 11.6 Å². The van der Waals surface area contributed by atoms with Crippen molar-refractivity contribution in [3.05, 3.63) is 64.4 Å². The van der Waals surface area contributed by atoms with Crippen molar-refractivity contribution in [2.75, 3.05) is 0 Å². The first kappa shape index (κ1) is 12.6. The van der Waals surface area contributed by atoms with E-state index in [0.29, 0.717) is 17.3 Å². The molecule has 0 saturated heterocycles. The average molecular weight is 261 g/mol. The lowest BCUT2D eigenvalue weighted by Gasteiger charge is -2.07. The molecule has 0 fully saturated rings. The lowest BCUT2D eigenvalue weighted by atomic mass is 10.1. The van der Waals surface area contributed by atoms with Crippen molar-refractivity contribution in [1.82, 2.24) is 10.3 Å². The molecule has 3 nitrogen and oxygen atoms in total. The van der Waals surface area contributed by atoms with Gasteiger partial charge in [-0.15, -0.1) is 0 Å². The second kappa shape index (κ2) is 5.65. The highest BCUT2D eigenvalue weighted by molar-refractivity contribution is 6.29. The summed E-state index contributed by atoms with van der Waals surface area (Å²) in [4.78, 5) is 15.7. The average Bonchev–Trinajstić information content (AvgIpc) is 2.37. The minimum atomic E-state index is -0.150. The van der Waals surface area contributed by atoms with E-state index in [1.165, 1.54) is 6.20 Å².